The molecule has 3 aromatic carbocycles. The molecule has 4 nitrogen and oxygen atoms in total. The molecule has 2 N–H and O–H groups in total. The molecule has 0 spiro atoms. The summed E-state index contributed by atoms with van der Waals surface area (Å²) in [5.41, 5.74) is 13.3. The predicted octanol–water partition coefficient (Wildman–Crippen LogP) is 14.5. The van der Waals surface area contributed by atoms with Crippen LogP contribution in [-0.4, -0.2) is 18.8 Å². The van der Waals surface area contributed by atoms with Gasteiger partial charge in [-0.25, -0.2) is 0 Å². The SMILES string of the molecule is C=C/C=C\C=C\B(/C(=C\NC(C=C)C1C(=C)Oc2c1cccc2C(C)(C)C)C(CC(=C)C)Nc1ccc2c(c1)C(C)(C)CCC2C)c1cc2cc3c(cc2o1)C(C)(C)CCC3(C)C. The Bertz CT molecular complexity index is 2460. The van der Waals surface area contributed by atoms with Gasteiger partial charge in [0.25, 0.3) is 6.71 Å². The molecule has 330 valence electrons. The molecule has 3 aliphatic rings. The number of benzene rings is 3. The molecule has 7 rings (SSSR count). The van der Waals surface area contributed by atoms with E-state index in [1.165, 1.54) is 40.7 Å². The maximum Gasteiger partial charge on any atom is 0.279 e. The van der Waals surface area contributed by atoms with Gasteiger partial charge in [0.2, 0.25) is 0 Å². The average Bonchev–Trinajstić information content (AvgIpc) is 3.79. The molecule has 4 aromatic rings. The van der Waals surface area contributed by atoms with E-state index in [2.05, 4.69) is 186 Å². The summed E-state index contributed by atoms with van der Waals surface area (Å²) in [4.78, 5) is 0. The van der Waals surface area contributed by atoms with E-state index in [4.69, 9.17) is 9.15 Å². The van der Waals surface area contributed by atoms with Crippen molar-refractivity contribution in [3.8, 4) is 5.75 Å². The van der Waals surface area contributed by atoms with Crippen LogP contribution >= 0.6 is 0 Å². The Labute approximate surface area is 380 Å². The molecule has 0 fully saturated rings. The zero-order valence-corrected chi connectivity index (χ0v) is 40.3. The lowest BCUT2D eigenvalue weighted by atomic mass is 9.41. The van der Waals surface area contributed by atoms with Crippen LogP contribution in [0.4, 0.5) is 5.69 Å². The van der Waals surface area contributed by atoms with E-state index >= 15 is 0 Å². The Morgan fingerprint density at radius 3 is 2.24 bits per heavy atom. The second-order valence-electron chi connectivity index (χ2n) is 21.9. The highest BCUT2D eigenvalue weighted by Gasteiger charge is 2.40. The monoisotopic (exact) mass is 841 g/mol. The number of furan rings is 1. The lowest BCUT2D eigenvalue weighted by Crippen LogP contribution is -2.41. The zero-order chi connectivity index (χ0) is 45.6. The van der Waals surface area contributed by atoms with Gasteiger partial charge in [-0.3, -0.25) is 0 Å². The fourth-order valence-electron chi connectivity index (χ4n) is 10.5. The third-order valence-electron chi connectivity index (χ3n) is 14.5. The van der Waals surface area contributed by atoms with Crippen molar-refractivity contribution in [2.24, 2.45) is 0 Å². The third-order valence-corrected chi connectivity index (χ3v) is 14.5. The number of fused-ring (bicyclic) bond motifs is 4. The van der Waals surface area contributed by atoms with Crippen LogP contribution in [0.1, 0.15) is 153 Å². The van der Waals surface area contributed by atoms with Crippen LogP contribution in [0.2, 0.25) is 0 Å². The summed E-state index contributed by atoms with van der Waals surface area (Å²) in [5.74, 6) is 4.29. The molecule has 1 aliphatic heterocycles. The molecule has 5 heteroatoms. The van der Waals surface area contributed by atoms with Crippen LogP contribution < -0.4 is 21.0 Å². The lowest BCUT2D eigenvalue weighted by Gasteiger charge is -2.41. The van der Waals surface area contributed by atoms with Crippen molar-refractivity contribution in [1.29, 1.82) is 0 Å². The number of para-hydroxylation sites is 1. The second-order valence-corrected chi connectivity index (χ2v) is 21.9. The third kappa shape index (κ3) is 9.27. The smallest absolute Gasteiger partial charge is 0.279 e. The predicted molar refractivity (Wildman–Crippen MR) is 272 cm³/mol. The molecule has 2 heterocycles. The summed E-state index contributed by atoms with van der Waals surface area (Å²) in [6, 6.07) is 20.2. The Kier molecular flexibility index (Phi) is 12.7. The minimum Gasteiger partial charge on any atom is -0.470 e. The lowest BCUT2D eigenvalue weighted by molar-refractivity contribution is 0.332. The van der Waals surface area contributed by atoms with Gasteiger partial charge in [0, 0.05) is 28.2 Å². The van der Waals surface area contributed by atoms with Gasteiger partial charge >= 0.3 is 0 Å². The van der Waals surface area contributed by atoms with Gasteiger partial charge in [0.1, 0.15) is 17.1 Å². The maximum absolute atomic E-state index is 7.09. The molecular weight excluding hydrogens is 767 g/mol. The molecule has 63 heavy (non-hydrogen) atoms. The first-order valence-electron chi connectivity index (χ1n) is 23.3. The van der Waals surface area contributed by atoms with Crippen molar-refractivity contribution in [3.63, 3.8) is 0 Å². The molecule has 0 bridgehead atoms. The second kappa shape index (κ2) is 17.4. The van der Waals surface area contributed by atoms with Crippen LogP contribution in [0.25, 0.3) is 11.0 Å². The van der Waals surface area contributed by atoms with E-state index in [0.717, 1.165) is 63.3 Å². The highest BCUT2D eigenvalue weighted by Crippen LogP contribution is 2.49. The van der Waals surface area contributed by atoms with Crippen molar-refractivity contribution in [3.05, 3.63) is 174 Å². The van der Waals surface area contributed by atoms with Gasteiger partial charge in [0.05, 0.1) is 17.6 Å². The van der Waals surface area contributed by atoms with Gasteiger partial charge in [-0.05, 0) is 131 Å². The highest BCUT2D eigenvalue weighted by molar-refractivity contribution is 6.83. The fourth-order valence-corrected chi connectivity index (χ4v) is 10.5. The molecule has 4 unspecified atom stereocenters. The summed E-state index contributed by atoms with van der Waals surface area (Å²) in [6.07, 6.45) is 17.5. The topological polar surface area (TPSA) is 46.4 Å². The molecule has 4 atom stereocenters. The van der Waals surface area contributed by atoms with E-state index in [1.807, 2.05) is 24.3 Å². The summed E-state index contributed by atoms with van der Waals surface area (Å²) in [6.45, 7) is 42.5. The van der Waals surface area contributed by atoms with Crippen LogP contribution in [0.3, 0.4) is 0 Å². The molecular formula is C58H73BN2O2. The van der Waals surface area contributed by atoms with Crippen LogP contribution in [0.15, 0.2) is 145 Å². The number of hydrogen-bond acceptors (Lipinski definition) is 4. The van der Waals surface area contributed by atoms with Gasteiger partial charge < -0.3 is 19.8 Å². The number of anilines is 1. The number of allylic oxidation sites excluding steroid dienone is 4. The van der Waals surface area contributed by atoms with Gasteiger partial charge in [-0.1, -0.05) is 143 Å². The molecule has 0 saturated heterocycles. The van der Waals surface area contributed by atoms with Crippen LogP contribution in [-0.2, 0) is 21.7 Å². The highest BCUT2D eigenvalue weighted by atomic mass is 16.5. The fraction of sp³-hybridized carbons (Fsp3) is 0.414. The number of rotatable bonds is 14. The number of hydrogen-bond donors (Lipinski definition) is 2. The minimum atomic E-state index is -0.253. The molecule has 0 radical (unpaired) electrons. The Morgan fingerprint density at radius 1 is 0.873 bits per heavy atom. The largest absolute Gasteiger partial charge is 0.470 e. The first-order valence-corrected chi connectivity index (χ1v) is 23.3. The summed E-state index contributed by atoms with van der Waals surface area (Å²) >= 11 is 0. The van der Waals surface area contributed by atoms with Crippen molar-refractivity contribution in [1.82, 2.24) is 5.32 Å². The minimum absolute atomic E-state index is 0.0629. The molecule has 0 saturated carbocycles. The van der Waals surface area contributed by atoms with E-state index < -0.39 is 0 Å². The van der Waals surface area contributed by atoms with E-state index in [9.17, 15) is 0 Å². The number of ether oxygens (including phenoxy) is 1. The summed E-state index contributed by atoms with van der Waals surface area (Å²) in [5, 5.41) is 9.11. The average molecular weight is 841 g/mol. The maximum atomic E-state index is 7.09. The molecule has 0 amide bonds. The first kappa shape index (κ1) is 45.9. The van der Waals surface area contributed by atoms with Gasteiger partial charge in [0.15, 0.2) is 0 Å². The molecule has 1 aromatic heterocycles. The Hall–Kier alpha value is -5.16. The summed E-state index contributed by atoms with van der Waals surface area (Å²) < 4.78 is 13.6. The summed E-state index contributed by atoms with van der Waals surface area (Å²) in [7, 11) is 0. The standard InChI is InChI=1S/C58H73BN2O2/c1-16-18-19-20-30-59(52-33-40-32-46-47(35-51(40)63-52)58(14,15)29-28-57(46,12)13)48(36-60-49(17-2)53-39(6)62-54-43(53)22-21-23-44(54)55(7,8)9)50(31-37(3)4)61-41-24-25-42-38(5)26-27-56(10,11)45(42)34-41/h16-25,30,32-36,38,49-50,53,60-61H,1-3,6,26-29,31H2,4-5,7-15H3/b19-18-,30-20+,48-36-. The van der Waals surface area contributed by atoms with E-state index in [0.29, 0.717) is 12.3 Å². The van der Waals surface area contributed by atoms with Gasteiger partial charge in [-0.2, -0.15) is 0 Å². The quantitative estimate of drug-likeness (QED) is 0.0754. The van der Waals surface area contributed by atoms with E-state index in [1.54, 1.807) is 0 Å². The molecule has 2 aliphatic carbocycles. The normalized spacial score (nSPS) is 21.0. The van der Waals surface area contributed by atoms with Crippen molar-refractivity contribution >= 4 is 29.0 Å². The van der Waals surface area contributed by atoms with Crippen molar-refractivity contribution in [2.75, 3.05) is 5.32 Å². The van der Waals surface area contributed by atoms with Crippen molar-refractivity contribution in [2.45, 2.75) is 154 Å². The Balaban J connectivity index is 1.40. The Morgan fingerprint density at radius 2 is 1.57 bits per heavy atom. The van der Waals surface area contributed by atoms with Crippen LogP contribution in [0.5, 0.6) is 5.75 Å². The van der Waals surface area contributed by atoms with E-state index in [-0.39, 0.29) is 46.4 Å². The zero-order valence-electron chi connectivity index (χ0n) is 40.3. The van der Waals surface area contributed by atoms with Crippen LogP contribution in [0, 0.1) is 0 Å². The van der Waals surface area contributed by atoms with Crippen molar-refractivity contribution < 1.29 is 9.15 Å². The van der Waals surface area contributed by atoms with Gasteiger partial charge in [-0.15, -0.1) is 19.1 Å². The number of nitrogens with one attached hydrogen (secondary N) is 2. The first-order chi connectivity index (χ1) is 29.6.